The van der Waals surface area contributed by atoms with Crippen LogP contribution in [0.3, 0.4) is 0 Å². The molecule has 0 aliphatic heterocycles. The van der Waals surface area contributed by atoms with Crippen LogP contribution in [0.25, 0.3) is 22.4 Å². The average Bonchev–Trinajstić information content (AvgIpc) is 2.87. The second kappa shape index (κ2) is 10.2. The Morgan fingerprint density at radius 1 is 0.848 bits per heavy atom. The molecule has 4 heteroatoms. The number of fused-ring (bicyclic) bond motifs is 1. The van der Waals surface area contributed by atoms with Crippen molar-refractivity contribution in [3.63, 3.8) is 0 Å². The van der Waals surface area contributed by atoms with E-state index in [9.17, 15) is 5.26 Å². The van der Waals surface area contributed by atoms with Crippen LogP contribution in [0.1, 0.15) is 29.2 Å². The van der Waals surface area contributed by atoms with Crippen molar-refractivity contribution in [2.75, 3.05) is 6.61 Å². The summed E-state index contributed by atoms with van der Waals surface area (Å²) in [4.78, 5) is 0. The largest absolute Gasteiger partial charge is 0.490 e. The lowest BCUT2D eigenvalue weighted by Gasteiger charge is -2.14. The lowest BCUT2D eigenvalue weighted by atomic mass is 10.0. The monoisotopic (exact) mass is 430 g/mol. The Kier molecular flexibility index (Phi) is 6.69. The molecule has 0 radical (unpaired) electrons. The van der Waals surface area contributed by atoms with E-state index in [0.29, 0.717) is 41.4 Å². The molecule has 0 atom stereocenters. The molecule has 0 N–H and O–H groups in total. The fourth-order valence-corrected chi connectivity index (χ4v) is 3.68. The molecular formula is C29H22N2O2. The van der Waals surface area contributed by atoms with Gasteiger partial charge in [0.1, 0.15) is 6.61 Å². The van der Waals surface area contributed by atoms with Crippen LogP contribution in [0.2, 0.25) is 0 Å². The van der Waals surface area contributed by atoms with E-state index >= 15 is 0 Å². The first-order valence-electron chi connectivity index (χ1n) is 10.7. The van der Waals surface area contributed by atoms with E-state index in [2.05, 4.69) is 36.4 Å². The minimum atomic E-state index is 0.418. The number of benzene rings is 4. The molecule has 0 saturated carbocycles. The molecular weight excluding hydrogens is 408 g/mol. The first kappa shape index (κ1) is 21.7. The Morgan fingerprint density at radius 3 is 2.48 bits per heavy atom. The summed E-state index contributed by atoms with van der Waals surface area (Å²) >= 11 is 0. The van der Waals surface area contributed by atoms with Gasteiger partial charge in [0.25, 0.3) is 0 Å². The molecule has 0 aliphatic carbocycles. The van der Waals surface area contributed by atoms with Crippen molar-refractivity contribution in [1.82, 2.24) is 0 Å². The maximum atomic E-state index is 9.67. The molecule has 0 fully saturated rings. The molecule has 160 valence electrons. The van der Waals surface area contributed by atoms with Crippen LogP contribution in [0.4, 0.5) is 0 Å². The zero-order valence-electron chi connectivity index (χ0n) is 18.3. The number of hydrogen-bond donors (Lipinski definition) is 0. The Hall–Kier alpha value is -4.54. The zero-order valence-corrected chi connectivity index (χ0v) is 18.3. The van der Waals surface area contributed by atoms with Crippen LogP contribution >= 0.6 is 0 Å². The summed E-state index contributed by atoms with van der Waals surface area (Å²) in [6.45, 7) is 2.83. The predicted molar refractivity (Wildman–Crippen MR) is 131 cm³/mol. The molecule has 0 heterocycles. The van der Waals surface area contributed by atoms with Gasteiger partial charge >= 0.3 is 0 Å². The van der Waals surface area contributed by atoms with Gasteiger partial charge in [0.05, 0.1) is 29.9 Å². The fourth-order valence-electron chi connectivity index (χ4n) is 3.68. The van der Waals surface area contributed by atoms with Gasteiger partial charge in [-0.15, -0.1) is 0 Å². The van der Waals surface area contributed by atoms with Gasteiger partial charge in [0, 0.05) is 0 Å². The van der Waals surface area contributed by atoms with E-state index in [4.69, 9.17) is 14.7 Å². The summed E-state index contributed by atoms with van der Waals surface area (Å²) in [5.41, 5.74) is 3.60. The molecule has 4 aromatic rings. The zero-order chi connectivity index (χ0) is 23.0. The van der Waals surface area contributed by atoms with Crippen molar-refractivity contribution in [1.29, 1.82) is 10.5 Å². The average molecular weight is 431 g/mol. The van der Waals surface area contributed by atoms with Gasteiger partial charge < -0.3 is 9.47 Å². The molecule has 0 amide bonds. The number of rotatable bonds is 7. The third-order valence-electron chi connectivity index (χ3n) is 5.26. The maximum absolute atomic E-state index is 9.67. The number of nitrogens with zero attached hydrogens (tertiary/aromatic N) is 2. The number of hydrogen-bond acceptors (Lipinski definition) is 4. The molecule has 0 bridgehead atoms. The number of allylic oxidation sites excluding steroid dienone is 1. The van der Waals surface area contributed by atoms with Crippen molar-refractivity contribution in [2.45, 2.75) is 13.5 Å². The smallest absolute Gasteiger partial charge is 0.161 e. The van der Waals surface area contributed by atoms with Crippen LogP contribution in [0.15, 0.2) is 84.9 Å². The molecule has 0 aromatic heterocycles. The topological polar surface area (TPSA) is 66.0 Å². The lowest BCUT2D eigenvalue weighted by Crippen LogP contribution is -2.00. The molecule has 4 rings (SSSR count). The normalized spacial score (nSPS) is 10.9. The van der Waals surface area contributed by atoms with Crippen LogP contribution in [0.5, 0.6) is 11.5 Å². The van der Waals surface area contributed by atoms with Gasteiger partial charge in [-0.1, -0.05) is 60.7 Å². The highest BCUT2D eigenvalue weighted by molar-refractivity contribution is 5.90. The summed E-state index contributed by atoms with van der Waals surface area (Å²) in [5, 5.41) is 21.1. The Morgan fingerprint density at radius 2 is 1.67 bits per heavy atom. The third-order valence-corrected chi connectivity index (χ3v) is 5.26. The summed E-state index contributed by atoms with van der Waals surface area (Å²) in [6.07, 6.45) is 1.79. The van der Waals surface area contributed by atoms with E-state index in [1.807, 2.05) is 49.4 Å². The van der Waals surface area contributed by atoms with E-state index in [0.717, 1.165) is 16.5 Å². The highest BCUT2D eigenvalue weighted by Gasteiger charge is 2.09. The minimum absolute atomic E-state index is 0.418. The van der Waals surface area contributed by atoms with Crippen LogP contribution < -0.4 is 9.47 Å². The molecule has 33 heavy (non-hydrogen) atoms. The van der Waals surface area contributed by atoms with Gasteiger partial charge in [-0.3, -0.25) is 0 Å². The molecule has 0 spiro atoms. The quantitative estimate of drug-likeness (QED) is 0.240. The van der Waals surface area contributed by atoms with Gasteiger partial charge in [0.15, 0.2) is 11.5 Å². The Bertz CT molecular complexity index is 1400. The molecule has 0 saturated heterocycles. The minimum Gasteiger partial charge on any atom is -0.490 e. The van der Waals surface area contributed by atoms with E-state index < -0.39 is 0 Å². The van der Waals surface area contributed by atoms with E-state index in [-0.39, 0.29) is 0 Å². The molecule has 0 unspecified atom stereocenters. The number of nitriles is 2. The Balaban J connectivity index is 1.61. The summed E-state index contributed by atoms with van der Waals surface area (Å²) in [7, 11) is 0. The number of ether oxygens (including phenoxy) is 2. The highest BCUT2D eigenvalue weighted by Crippen LogP contribution is 2.31. The second-order valence-corrected chi connectivity index (χ2v) is 7.43. The second-order valence-electron chi connectivity index (χ2n) is 7.43. The molecule has 4 nitrogen and oxygen atoms in total. The van der Waals surface area contributed by atoms with Crippen LogP contribution in [-0.4, -0.2) is 6.61 Å². The third kappa shape index (κ3) is 5.03. The summed E-state index contributed by atoms with van der Waals surface area (Å²) in [5.74, 6) is 1.27. The van der Waals surface area contributed by atoms with Gasteiger partial charge in [0.2, 0.25) is 0 Å². The van der Waals surface area contributed by atoms with Crippen molar-refractivity contribution in [3.8, 4) is 23.6 Å². The maximum Gasteiger partial charge on any atom is 0.161 e. The summed E-state index contributed by atoms with van der Waals surface area (Å²) in [6, 6.07) is 31.4. The van der Waals surface area contributed by atoms with Crippen molar-refractivity contribution in [2.24, 2.45) is 0 Å². The van der Waals surface area contributed by atoms with Gasteiger partial charge in [-0.2, -0.15) is 10.5 Å². The first-order valence-corrected chi connectivity index (χ1v) is 10.7. The standard InChI is InChI=1S/C29H22N2O2/c1-2-32-29-17-21(15-26(19-31)24-10-5-7-22(16-24)18-30)13-14-28(29)33-20-25-11-6-9-23-8-3-4-12-27(23)25/h3-17H,2,20H2,1H3. The lowest BCUT2D eigenvalue weighted by molar-refractivity contribution is 0.270. The highest BCUT2D eigenvalue weighted by atomic mass is 16.5. The van der Waals surface area contributed by atoms with E-state index in [1.54, 1.807) is 24.3 Å². The predicted octanol–water partition coefficient (Wildman–Crippen LogP) is 6.75. The van der Waals surface area contributed by atoms with E-state index in [1.165, 1.54) is 5.39 Å². The van der Waals surface area contributed by atoms with Crippen molar-refractivity contribution < 1.29 is 9.47 Å². The SMILES string of the molecule is CCOc1cc(C=C(C#N)c2cccc(C#N)c2)ccc1OCc1cccc2ccccc12. The Labute approximate surface area is 193 Å². The summed E-state index contributed by atoms with van der Waals surface area (Å²) < 4.78 is 12.0. The van der Waals surface area contributed by atoms with Crippen LogP contribution in [-0.2, 0) is 6.61 Å². The molecule has 4 aromatic carbocycles. The fraction of sp³-hybridized carbons (Fsp3) is 0.103. The molecule has 0 aliphatic rings. The van der Waals surface area contributed by atoms with Crippen molar-refractivity contribution >= 4 is 22.4 Å². The van der Waals surface area contributed by atoms with Crippen molar-refractivity contribution in [3.05, 3.63) is 107 Å². The van der Waals surface area contributed by atoms with Gasteiger partial charge in [-0.25, -0.2) is 0 Å². The van der Waals surface area contributed by atoms with Crippen LogP contribution in [0, 0.1) is 22.7 Å². The first-order chi connectivity index (χ1) is 16.2. The van der Waals surface area contributed by atoms with Gasteiger partial charge in [-0.05, 0) is 64.7 Å².